The summed E-state index contributed by atoms with van der Waals surface area (Å²) in [5.74, 6) is -1.48. The molecule has 7 nitrogen and oxygen atoms in total. The number of rotatable bonds is 6. The monoisotopic (exact) mass is 389 g/mol. The number of anilines is 1. The van der Waals surface area contributed by atoms with Gasteiger partial charge in [0.2, 0.25) is 0 Å². The number of hydrogen-bond acceptors (Lipinski definition) is 5. The van der Waals surface area contributed by atoms with Crippen molar-refractivity contribution in [1.29, 1.82) is 0 Å². The number of carboxylic acids is 1. The number of aromatic nitrogens is 1. The Labute approximate surface area is 161 Å². The molecule has 1 unspecified atom stereocenters. The van der Waals surface area contributed by atoms with Crippen molar-refractivity contribution in [3.05, 3.63) is 58.9 Å². The highest BCUT2D eigenvalue weighted by atomic mass is 35.5. The molecule has 8 heteroatoms. The van der Waals surface area contributed by atoms with Gasteiger partial charge in [0.05, 0.1) is 25.7 Å². The first-order chi connectivity index (χ1) is 13.0. The largest absolute Gasteiger partial charge is 0.481 e. The summed E-state index contributed by atoms with van der Waals surface area (Å²) in [7, 11) is 0. The molecule has 0 saturated carbocycles. The van der Waals surface area contributed by atoms with E-state index in [0.717, 1.165) is 18.8 Å². The molecule has 1 aromatic carbocycles. The van der Waals surface area contributed by atoms with Crippen LogP contribution in [0.4, 0.5) is 5.69 Å². The van der Waals surface area contributed by atoms with E-state index in [2.05, 4.69) is 15.2 Å². The lowest BCUT2D eigenvalue weighted by atomic mass is 10.0. The Kier molecular flexibility index (Phi) is 6.26. The number of nitrogens with one attached hydrogen (secondary N) is 1. The van der Waals surface area contributed by atoms with Gasteiger partial charge in [-0.1, -0.05) is 29.8 Å². The molecule has 1 aromatic heterocycles. The molecule has 0 bridgehead atoms. The lowest BCUT2D eigenvalue weighted by Crippen LogP contribution is -2.36. The van der Waals surface area contributed by atoms with Gasteiger partial charge in [-0.3, -0.25) is 14.6 Å². The SMILES string of the molecule is O=C(O)CC(NC(=O)c1cc(N2CCOCC2)ccn1)c1ccccc1Cl. The summed E-state index contributed by atoms with van der Waals surface area (Å²) in [6.07, 6.45) is 1.29. The van der Waals surface area contributed by atoms with Crippen LogP contribution in [0.5, 0.6) is 0 Å². The molecule has 0 spiro atoms. The van der Waals surface area contributed by atoms with Crippen LogP contribution in [0.1, 0.15) is 28.5 Å². The Morgan fingerprint density at radius 3 is 2.70 bits per heavy atom. The summed E-state index contributed by atoms with van der Waals surface area (Å²) in [4.78, 5) is 30.2. The third-order valence-electron chi connectivity index (χ3n) is 4.32. The number of morpholine rings is 1. The molecule has 27 heavy (non-hydrogen) atoms. The van der Waals surface area contributed by atoms with E-state index in [-0.39, 0.29) is 12.1 Å². The summed E-state index contributed by atoms with van der Waals surface area (Å²) in [6, 6.07) is 9.65. The van der Waals surface area contributed by atoms with Gasteiger partial charge in [0.1, 0.15) is 5.69 Å². The molecule has 0 radical (unpaired) electrons. The topological polar surface area (TPSA) is 91.8 Å². The van der Waals surface area contributed by atoms with Crippen LogP contribution in [0.15, 0.2) is 42.6 Å². The first kappa shape index (κ1) is 19.1. The van der Waals surface area contributed by atoms with Gasteiger partial charge in [-0.05, 0) is 23.8 Å². The number of aliphatic carboxylic acids is 1. The number of carbonyl (C=O) groups excluding carboxylic acids is 1. The van der Waals surface area contributed by atoms with Crippen LogP contribution in [0, 0.1) is 0 Å². The van der Waals surface area contributed by atoms with Gasteiger partial charge < -0.3 is 20.1 Å². The summed E-state index contributed by atoms with van der Waals surface area (Å²) in [6.45, 7) is 2.76. The van der Waals surface area contributed by atoms with Crippen LogP contribution in [0.2, 0.25) is 5.02 Å². The van der Waals surface area contributed by atoms with Gasteiger partial charge >= 0.3 is 5.97 Å². The van der Waals surface area contributed by atoms with Crippen LogP contribution in [-0.4, -0.2) is 48.3 Å². The Morgan fingerprint density at radius 1 is 1.26 bits per heavy atom. The summed E-state index contributed by atoms with van der Waals surface area (Å²) >= 11 is 6.18. The van der Waals surface area contributed by atoms with Gasteiger partial charge in [0.15, 0.2) is 0 Å². The smallest absolute Gasteiger partial charge is 0.305 e. The molecule has 2 N–H and O–H groups in total. The molecule has 142 valence electrons. The van der Waals surface area contributed by atoms with E-state index in [4.69, 9.17) is 16.3 Å². The second kappa shape index (κ2) is 8.83. The number of halogens is 1. The quantitative estimate of drug-likeness (QED) is 0.788. The number of carboxylic acid groups (broad SMARTS) is 1. The Hall–Kier alpha value is -2.64. The highest BCUT2D eigenvalue weighted by Gasteiger charge is 2.22. The van der Waals surface area contributed by atoms with Crippen molar-refractivity contribution in [2.24, 2.45) is 0 Å². The van der Waals surface area contributed by atoms with E-state index < -0.39 is 17.9 Å². The minimum atomic E-state index is -1.03. The van der Waals surface area contributed by atoms with Gasteiger partial charge in [0.25, 0.3) is 5.91 Å². The predicted octanol–water partition coefficient (Wildman–Crippen LogP) is 2.52. The van der Waals surface area contributed by atoms with Crippen molar-refractivity contribution in [2.75, 3.05) is 31.2 Å². The number of hydrogen-bond donors (Lipinski definition) is 2. The highest BCUT2D eigenvalue weighted by molar-refractivity contribution is 6.31. The molecular weight excluding hydrogens is 370 g/mol. The maximum Gasteiger partial charge on any atom is 0.305 e. The van der Waals surface area contributed by atoms with E-state index in [0.29, 0.717) is 23.8 Å². The highest BCUT2D eigenvalue weighted by Crippen LogP contribution is 2.25. The van der Waals surface area contributed by atoms with Crippen LogP contribution >= 0.6 is 11.6 Å². The lowest BCUT2D eigenvalue weighted by molar-refractivity contribution is -0.137. The number of amides is 1. The third-order valence-corrected chi connectivity index (χ3v) is 4.66. The fraction of sp³-hybridized carbons (Fsp3) is 0.316. The first-order valence-corrected chi connectivity index (χ1v) is 8.98. The van der Waals surface area contributed by atoms with Crippen molar-refractivity contribution in [1.82, 2.24) is 10.3 Å². The molecule has 2 aromatic rings. The number of pyridine rings is 1. The standard InChI is InChI=1S/C19H20ClN3O4/c20-15-4-2-1-3-14(15)16(12-18(24)25)22-19(26)17-11-13(5-6-21-17)23-7-9-27-10-8-23/h1-6,11,16H,7-10,12H2,(H,22,26)(H,24,25). The van der Waals surface area contributed by atoms with E-state index in [1.807, 2.05) is 6.07 Å². The lowest BCUT2D eigenvalue weighted by Gasteiger charge is -2.29. The molecule has 0 aliphatic carbocycles. The van der Waals surface area contributed by atoms with Crippen LogP contribution in [-0.2, 0) is 9.53 Å². The molecule has 1 saturated heterocycles. The van der Waals surface area contributed by atoms with E-state index >= 15 is 0 Å². The Balaban J connectivity index is 1.79. The molecule has 1 aliphatic rings. The maximum atomic E-state index is 12.7. The van der Waals surface area contributed by atoms with E-state index in [1.54, 1.807) is 36.5 Å². The van der Waals surface area contributed by atoms with Crippen molar-refractivity contribution in [3.8, 4) is 0 Å². The molecular formula is C19H20ClN3O4. The third kappa shape index (κ3) is 4.96. The minimum Gasteiger partial charge on any atom is -0.481 e. The van der Waals surface area contributed by atoms with Crippen molar-refractivity contribution < 1.29 is 19.4 Å². The van der Waals surface area contributed by atoms with Crippen molar-refractivity contribution in [2.45, 2.75) is 12.5 Å². The number of benzene rings is 1. The zero-order chi connectivity index (χ0) is 19.2. The first-order valence-electron chi connectivity index (χ1n) is 8.60. The van der Waals surface area contributed by atoms with Crippen LogP contribution in [0.3, 0.4) is 0 Å². The number of carbonyl (C=O) groups is 2. The fourth-order valence-corrected chi connectivity index (χ4v) is 3.23. The molecule has 1 aliphatic heterocycles. The van der Waals surface area contributed by atoms with Gasteiger partial charge in [-0.15, -0.1) is 0 Å². The summed E-state index contributed by atoms with van der Waals surface area (Å²) < 4.78 is 5.34. The van der Waals surface area contributed by atoms with Crippen LogP contribution < -0.4 is 10.2 Å². The Morgan fingerprint density at radius 2 is 2.00 bits per heavy atom. The van der Waals surface area contributed by atoms with Crippen LogP contribution in [0.25, 0.3) is 0 Å². The summed E-state index contributed by atoms with van der Waals surface area (Å²) in [5, 5.41) is 12.3. The molecule has 1 atom stereocenters. The summed E-state index contributed by atoms with van der Waals surface area (Å²) in [5.41, 5.74) is 1.66. The second-order valence-corrected chi connectivity index (χ2v) is 6.55. The second-order valence-electron chi connectivity index (χ2n) is 6.14. The molecule has 3 rings (SSSR count). The Bertz CT molecular complexity index is 824. The van der Waals surface area contributed by atoms with E-state index in [1.165, 1.54) is 0 Å². The molecule has 2 heterocycles. The van der Waals surface area contributed by atoms with Gasteiger partial charge in [-0.25, -0.2) is 0 Å². The molecule has 1 amide bonds. The van der Waals surface area contributed by atoms with Gasteiger partial charge in [0, 0.05) is 30.0 Å². The zero-order valence-corrected chi connectivity index (χ0v) is 15.4. The van der Waals surface area contributed by atoms with Gasteiger partial charge in [-0.2, -0.15) is 0 Å². The predicted molar refractivity (Wildman–Crippen MR) is 101 cm³/mol. The average molecular weight is 390 g/mol. The number of nitrogens with zero attached hydrogens (tertiary/aromatic N) is 2. The van der Waals surface area contributed by atoms with Crippen molar-refractivity contribution >= 4 is 29.2 Å². The normalized spacial score (nSPS) is 15.2. The minimum absolute atomic E-state index is 0.224. The average Bonchev–Trinajstić information content (AvgIpc) is 2.68. The van der Waals surface area contributed by atoms with Crippen molar-refractivity contribution in [3.63, 3.8) is 0 Å². The fourth-order valence-electron chi connectivity index (χ4n) is 2.97. The number of ether oxygens (including phenoxy) is 1. The maximum absolute atomic E-state index is 12.7. The molecule has 1 fully saturated rings. The zero-order valence-electron chi connectivity index (χ0n) is 14.6. The van der Waals surface area contributed by atoms with E-state index in [9.17, 15) is 14.7 Å².